The average molecular weight is 437 g/mol. The predicted molar refractivity (Wildman–Crippen MR) is 104 cm³/mol. The lowest BCUT2D eigenvalue weighted by Crippen LogP contribution is -2.49. The SMILES string of the molecule is CN(C)c1ccc(N2CCN(C(=O)c3cccc(I)c3)CC2)nn1. The van der Waals surface area contributed by atoms with Crippen LogP contribution in [0.3, 0.4) is 0 Å². The molecule has 126 valence electrons. The van der Waals surface area contributed by atoms with Crippen molar-refractivity contribution in [3.63, 3.8) is 0 Å². The van der Waals surface area contributed by atoms with Gasteiger partial charge in [0, 0.05) is 49.4 Å². The molecule has 0 radical (unpaired) electrons. The normalized spacial score (nSPS) is 14.6. The zero-order chi connectivity index (χ0) is 17.1. The highest BCUT2D eigenvalue weighted by molar-refractivity contribution is 14.1. The number of amides is 1. The molecule has 1 aromatic carbocycles. The summed E-state index contributed by atoms with van der Waals surface area (Å²) < 4.78 is 1.08. The molecule has 0 unspecified atom stereocenters. The van der Waals surface area contributed by atoms with Crippen LogP contribution in [0, 0.1) is 3.57 Å². The van der Waals surface area contributed by atoms with Crippen LogP contribution >= 0.6 is 22.6 Å². The van der Waals surface area contributed by atoms with Gasteiger partial charge in [-0.15, -0.1) is 10.2 Å². The van der Waals surface area contributed by atoms with Gasteiger partial charge in [0.15, 0.2) is 11.6 Å². The van der Waals surface area contributed by atoms with E-state index < -0.39 is 0 Å². The Hall–Kier alpha value is -1.90. The summed E-state index contributed by atoms with van der Waals surface area (Å²) in [5.41, 5.74) is 0.755. The monoisotopic (exact) mass is 437 g/mol. The van der Waals surface area contributed by atoms with E-state index in [2.05, 4.69) is 37.7 Å². The Balaban J connectivity index is 1.62. The molecule has 0 atom stereocenters. The second-order valence-corrected chi connectivity index (χ2v) is 7.18. The standard InChI is InChI=1S/C17H20IN5O/c1-21(2)15-6-7-16(20-19-15)22-8-10-23(11-9-22)17(24)13-4-3-5-14(18)12-13/h3-7,12H,8-11H2,1-2H3. The fourth-order valence-corrected chi connectivity index (χ4v) is 3.21. The van der Waals surface area contributed by atoms with Gasteiger partial charge in [-0.25, -0.2) is 0 Å². The van der Waals surface area contributed by atoms with Gasteiger partial charge >= 0.3 is 0 Å². The molecule has 1 aromatic heterocycles. The van der Waals surface area contributed by atoms with Gasteiger partial charge in [0.05, 0.1) is 0 Å². The van der Waals surface area contributed by atoms with Crippen molar-refractivity contribution >= 4 is 40.1 Å². The van der Waals surface area contributed by atoms with E-state index in [0.717, 1.165) is 33.9 Å². The Labute approximate surface area is 155 Å². The molecule has 24 heavy (non-hydrogen) atoms. The van der Waals surface area contributed by atoms with Gasteiger partial charge in [-0.1, -0.05) is 6.07 Å². The van der Waals surface area contributed by atoms with Gasteiger partial charge in [0.2, 0.25) is 0 Å². The topological polar surface area (TPSA) is 52.6 Å². The fraction of sp³-hybridized carbons (Fsp3) is 0.353. The maximum atomic E-state index is 12.6. The molecule has 0 N–H and O–H groups in total. The summed E-state index contributed by atoms with van der Waals surface area (Å²) in [4.78, 5) is 18.6. The van der Waals surface area contributed by atoms with Crippen LogP contribution in [0.15, 0.2) is 36.4 Å². The molecule has 1 aliphatic rings. The number of halogens is 1. The summed E-state index contributed by atoms with van der Waals surface area (Å²) in [6.45, 7) is 2.93. The van der Waals surface area contributed by atoms with E-state index in [1.807, 2.05) is 60.3 Å². The zero-order valence-corrected chi connectivity index (χ0v) is 16.0. The van der Waals surface area contributed by atoms with Crippen LogP contribution in [0.25, 0.3) is 0 Å². The summed E-state index contributed by atoms with van der Waals surface area (Å²) in [5.74, 6) is 1.80. The van der Waals surface area contributed by atoms with E-state index in [4.69, 9.17) is 0 Å². The zero-order valence-electron chi connectivity index (χ0n) is 13.8. The maximum absolute atomic E-state index is 12.6. The number of aromatic nitrogens is 2. The van der Waals surface area contributed by atoms with E-state index in [9.17, 15) is 4.79 Å². The molecule has 1 fully saturated rings. The van der Waals surface area contributed by atoms with Crippen LogP contribution in [0.2, 0.25) is 0 Å². The largest absolute Gasteiger partial charge is 0.361 e. The summed E-state index contributed by atoms with van der Waals surface area (Å²) >= 11 is 2.23. The van der Waals surface area contributed by atoms with E-state index in [-0.39, 0.29) is 5.91 Å². The first-order valence-corrected chi connectivity index (χ1v) is 8.93. The lowest BCUT2D eigenvalue weighted by Gasteiger charge is -2.35. The maximum Gasteiger partial charge on any atom is 0.254 e. The molecule has 2 heterocycles. The van der Waals surface area contributed by atoms with Crippen LogP contribution in [0.4, 0.5) is 11.6 Å². The molecule has 0 aliphatic carbocycles. The quantitative estimate of drug-likeness (QED) is 0.689. The number of carbonyl (C=O) groups excluding carboxylic acids is 1. The molecule has 1 amide bonds. The molecule has 3 rings (SSSR count). The molecule has 0 spiro atoms. The van der Waals surface area contributed by atoms with Crippen molar-refractivity contribution in [3.8, 4) is 0 Å². The highest BCUT2D eigenvalue weighted by atomic mass is 127. The average Bonchev–Trinajstić information content (AvgIpc) is 2.61. The van der Waals surface area contributed by atoms with Gasteiger partial charge < -0.3 is 14.7 Å². The van der Waals surface area contributed by atoms with Crippen molar-refractivity contribution in [2.24, 2.45) is 0 Å². The fourth-order valence-electron chi connectivity index (χ4n) is 2.67. The molecule has 0 bridgehead atoms. The van der Waals surface area contributed by atoms with E-state index in [1.54, 1.807) is 0 Å². The Kier molecular flexibility index (Phi) is 5.17. The van der Waals surface area contributed by atoms with Gasteiger partial charge in [-0.3, -0.25) is 4.79 Å². The highest BCUT2D eigenvalue weighted by Crippen LogP contribution is 2.17. The van der Waals surface area contributed by atoms with Gasteiger partial charge in [-0.05, 0) is 52.9 Å². The smallest absolute Gasteiger partial charge is 0.254 e. The summed E-state index contributed by atoms with van der Waals surface area (Å²) in [6, 6.07) is 11.7. The third kappa shape index (κ3) is 3.77. The van der Waals surface area contributed by atoms with Crippen molar-refractivity contribution in [1.82, 2.24) is 15.1 Å². The number of benzene rings is 1. The van der Waals surface area contributed by atoms with Crippen LogP contribution < -0.4 is 9.80 Å². The van der Waals surface area contributed by atoms with Crippen LogP contribution in [-0.2, 0) is 0 Å². The number of piperazine rings is 1. The molecule has 7 heteroatoms. The van der Waals surface area contributed by atoms with Crippen molar-refractivity contribution < 1.29 is 4.79 Å². The van der Waals surface area contributed by atoms with Crippen LogP contribution in [-0.4, -0.2) is 61.3 Å². The number of hydrogen-bond donors (Lipinski definition) is 0. The first kappa shape index (κ1) is 16.9. The van der Waals surface area contributed by atoms with E-state index in [0.29, 0.717) is 13.1 Å². The molecule has 2 aromatic rings. The summed E-state index contributed by atoms with van der Waals surface area (Å²) in [5, 5.41) is 8.51. The highest BCUT2D eigenvalue weighted by Gasteiger charge is 2.23. The molecule has 1 saturated heterocycles. The van der Waals surface area contributed by atoms with Crippen LogP contribution in [0.5, 0.6) is 0 Å². The number of rotatable bonds is 3. The van der Waals surface area contributed by atoms with Crippen molar-refractivity contribution in [1.29, 1.82) is 0 Å². The Bertz CT molecular complexity index is 711. The predicted octanol–water partition coefficient (Wildman–Crippen LogP) is 2.11. The summed E-state index contributed by atoms with van der Waals surface area (Å²) in [7, 11) is 3.89. The Morgan fingerprint density at radius 3 is 2.42 bits per heavy atom. The minimum Gasteiger partial charge on any atom is -0.361 e. The number of carbonyl (C=O) groups is 1. The van der Waals surface area contributed by atoms with Crippen LogP contribution in [0.1, 0.15) is 10.4 Å². The Morgan fingerprint density at radius 2 is 1.83 bits per heavy atom. The molecule has 0 saturated carbocycles. The lowest BCUT2D eigenvalue weighted by molar-refractivity contribution is 0.0746. The van der Waals surface area contributed by atoms with Crippen molar-refractivity contribution in [3.05, 3.63) is 45.5 Å². The van der Waals surface area contributed by atoms with Gasteiger partial charge in [0.25, 0.3) is 5.91 Å². The minimum absolute atomic E-state index is 0.0993. The molecular weight excluding hydrogens is 417 g/mol. The first-order valence-electron chi connectivity index (χ1n) is 7.85. The molecule has 1 aliphatic heterocycles. The third-order valence-corrected chi connectivity index (χ3v) is 4.73. The second kappa shape index (κ2) is 7.33. The van der Waals surface area contributed by atoms with E-state index in [1.165, 1.54) is 0 Å². The van der Waals surface area contributed by atoms with Gasteiger partial charge in [-0.2, -0.15) is 0 Å². The van der Waals surface area contributed by atoms with E-state index >= 15 is 0 Å². The second-order valence-electron chi connectivity index (χ2n) is 5.93. The number of nitrogens with zero attached hydrogens (tertiary/aromatic N) is 5. The number of anilines is 2. The minimum atomic E-state index is 0.0993. The summed E-state index contributed by atoms with van der Waals surface area (Å²) in [6.07, 6.45) is 0. The van der Waals surface area contributed by atoms with Crippen molar-refractivity contribution in [2.45, 2.75) is 0 Å². The Morgan fingerprint density at radius 1 is 1.08 bits per heavy atom. The lowest BCUT2D eigenvalue weighted by atomic mass is 10.2. The van der Waals surface area contributed by atoms with Crippen molar-refractivity contribution in [2.75, 3.05) is 50.1 Å². The number of hydrogen-bond acceptors (Lipinski definition) is 5. The molecule has 6 nitrogen and oxygen atoms in total. The first-order chi connectivity index (χ1) is 11.5. The van der Waals surface area contributed by atoms with Gasteiger partial charge in [0.1, 0.15) is 0 Å². The molecular formula is C17H20IN5O. The third-order valence-electron chi connectivity index (χ3n) is 4.06.